The molecular weight excluding hydrogens is 307 g/mol. The van der Waals surface area contributed by atoms with E-state index in [4.69, 9.17) is 27.9 Å². The fourth-order valence-electron chi connectivity index (χ4n) is 2.49. The van der Waals surface area contributed by atoms with Gasteiger partial charge in [-0.15, -0.1) is 0 Å². The van der Waals surface area contributed by atoms with E-state index in [1.54, 1.807) is 18.2 Å². The lowest BCUT2D eigenvalue weighted by molar-refractivity contribution is 0.171. The number of hydrogen-bond acceptors (Lipinski definition) is 3. The molecule has 1 aromatic carbocycles. The summed E-state index contributed by atoms with van der Waals surface area (Å²) in [5.41, 5.74) is 0. The zero-order valence-electron chi connectivity index (χ0n) is 11.5. The molecule has 2 aromatic rings. The van der Waals surface area contributed by atoms with Gasteiger partial charge in [0.05, 0.1) is 5.02 Å². The highest BCUT2D eigenvalue weighted by Gasteiger charge is 2.22. The molecule has 0 bridgehead atoms. The number of pyridine rings is 1. The van der Waals surface area contributed by atoms with Crippen molar-refractivity contribution in [1.82, 2.24) is 4.98 Å². The van der Waals surface area contributed by atoms with Crippen LogP contribution >= 0.6 is 23.2 Å². The molecule has 0 aliphatic carbocycles. The number of anilines is 1. The van der Waals surface area contributed by atoms with E-state index in [1.807, 2.05) is 24.4 Å². The van der Waals surface area contributed by atoms with Crippen LogP contribution in [0.15, 0.2) is 42.6 Å². The number of rotatable bonds is 3. The van der Waals surface area contributed by atoms with Gasteiger partial charge in [-0.05, 0) is 24.3 Å². The molecule has 0 radical (unpaired) electrons. The Morgan fingerprint density at radius 1 is 1.10 bits per heavy atom. The number of halogens is 2. The molecule has 0 unspecified atom stereocenters. The topological polar surface area (TPSA) is 25.4 Å². The van der Waals surface area contributed by atoms with Crippen molar-refractivity contribution in [2.24, 2.45) is 0 Å². The highest BCUT2D eigenvalue weighted by atomic mass is 35.5. The fraction of sp³-hybridized carbons (Fsp3) is 0.312. The lowest BCUT2D eigenvalue weighted by Gasteiger charge is -2.33. The van der Waals surface area contributed by atoms with Crippen molar-refractivity contribution in [2.45, 2.75) is 18.9 Å². The van der Waals surface area contributed by atoms with Gasteiger partial charge < -0.3 is 9.64 Å². The van der Waals surface area contributed by atoms with Crippen LogP contribution in [0.2, 0.25) is 10.0 Å². The Labute approximate surface area is 134 Å². The number of benzene rings is 1. The molecule has 3 nitrogen and oxygen atoms in total. The van der Waals surface area contributed by atoms with Crippen molar-refractivity contribution in [1.29, 1.82) is 0 Å². The molecule has 2 heterocycles. The van der Waals surface area contributed by atoms with Crippen LogP contribution in [0.1, 0.15) is 12.8 Å². The molecule has 0 spiro atoms. The molecule has 1 fully saturated rings. The third kappa shape index (κ3) is 3.60. The minimum atomic E-state index is 0.168. The van der Waals surface area contributed by atoms with Crippen LogP contribution in [0.3, 0.4) is 0 Å². The van der Waals surface area contributed by atoms with Gasteiger partial charge in [-0.1, -0.05) is 29.3 Å². The first-order chi connectivity index (χ1) is 10.2. The standard InChI is InChI=1S/C16H16Cl2N2O/c17-12-4-5-14(18)15(11-12)21-13-6-9-20(10-7-13)16-3-1-2-8-19-16/h1-5,8,11,13H,6-7,9-10H2. The predicted molar refractivity (Wildman–Crippen MR) is 86.6 cm³/mol. The second-order valence-electron chi connectivity index (χ2n) is 5.07. The Balaban J connectivity index is 1.60. The number of nitrogens with zero attached hydrogens (tertiary/aromatic N) is 2. The molecule has 1 aromatic heterocycles. The van der Waals surface area contributed by atoms with Crippen molar-refractivity contribution in [3.63, 3.8) is 0 Å². The molecule has 3 rings (SSSR count). The molecule has 110 valence electrons. The summed E-state index contributed by atoms with van der Waals surface area (Å²) in [7, 11) is 0. The van der Waals surface area contributed by atoms with E-state index in [2.05, 4.69) is 9.88 Å². The Hall–Kier alpha value is -1.45. The lowest BCUT2D eigenvalue weighted by atomic mass is 10.1. The van der Waals surface area contributed by atoms with E-state index in [9.17, 15) is 0 Å². The van der Waals surface area contributed by atoms with E-state index in [0.29, 0.717) is 15.8 Å². The van der Waals surface area contributed by atoms with Gasteiger partial charge in [0.15, 0.2) is 0 Å². The summed E-state index contributed by atoms with van der Waals surface area (Å²) in [4.78, 5) is 6.66. The van der Waals surface area contributed by atoms with Gasteiger partial charge in [0.25, 0.3) is 0 Å². The number of hydrogen-bond donors (Lipinski definition) is 0. The van der Waals surface area contributed by atoms with Crippen LogP contribution < -0.4 is 9.64 Å². The highest BCUT2D eigenvalue weighted by molar-refractivity contribution is 6.34. The smallest absolute Gasteiger partial charge is 0.139 e. The van der Waals surface area contributed by atoms with Crippen LogP contribution in [-0.2, 0) is 0 Å². The van der Waals surface area contributed by atoms with Crippen LogP contribution in [0, 0.1) is 0 Å². The molecule has 5 heteroatoms. The van der Waals surface area contributed by atoms with Crippen molar-refractivity contribution < 1.29 is 4.74 Å². The first-order valence-electron chi connectivity index (χ1n) is 7.00. The zero-order valence-corrected chi connectivity index (χ0v) is 13.0. The normalized spacial score (nSPS) is 16.0. The lowest BCUT2D eigenvalue weighted by Crippen LogP contribution is -2.38. The van der Waals surface area contributed by atoms with Crippen molar-refractivity contribution >= 4 is 29.0 Å². The first-order valence-corrected chi connectivity index (χ1v) is 7.75. The van der Waals surface area contributed by atoms with Gasteiger partial charge in [0.2, 0.25) is 0 Å². The Morgan fingerprint density at radius 2 is 1.90 bits per heavy atom. The van der Waals surface area contributed by atoms with E-state index >= 15 is 0 Å². The number of piperidine rings is 1. The molecule has 1 saturated heterocycles. The summed E-state index contributed by atoms with van der Waals surface area (Å²) in [5, 5.41) is 1.24. The molecular formula is C16H16Cl2N2O. The summed E-state index contributed by atoms with van der Waals surface area (Å²) in [6, 6.07) is 11.3. The van der Waals surface area contributed by atoms with E-state index in [0.717, 1.165) is 31.7 Å². The molecule has 0 atom stereocenters. The largest absolute Gasteiger partial charge is 0.489 e. The zero-order chi connectivity index (χ0) is 14.7. The maximum absolute atomic E-state index is 6.14. The molecule has 1 aliphatic rings. The van der Waals surface area contributed by atoms with Gasteiger partial charge in [-0.2, -0.15) is 0 Å². The second kappa shape index (κ2) is 6.54. The molecule has 21 heavy (non-hydrogen) atoms. The van der Waals surface area contributed by atoms with Gasteiger partial charge >= 0.3 is 0 Å². The minimum Gasteiger partial charge on any atom is -0.489 e. The average molecular weight is 323 g/mol. The van der Waals surface area contributed by atoms with Gasteiger partial charge in [0, 0.05) is 43.2 Å². The van der Waals surface area contributed by atoms with Gasteiger partial charge in [-0.3, -0.25) is 0 Å². The number of ether oxygens (including phenoxy) is 1. The van der Waals surface area contributed by atoms with Crippen LogP contribution in [0.5, 0.6) is 5.75 Å². The monoisotopic (exact) mass is 322 g/mol. The molecule has 0 amide bonds. The summed E-state index contributed by atoms with van der Waals surface area (Å²) in [6.45, 7) is 1.86. The molecule has 0 saturated carbocycles. The van der Waals surface area contributed by atoms with Crippen LogP contribution in [0.4, 0.5) is 5.82 Å². The van der Waals surface area contributed by atoms with E-state index in [1.165, 1.54) is 0 Å². The predicted octanol–water partition coefficient (Wildman–Crippen LogP) is 4.44. The number of aromatic nitrogens is 1. The Morgan fingerprint density at radius 3 is 2.62 bits per heavy atom. The maximum Gasteiger partial charge on any atom is 0.139 e. The quantitative estimate of drug-likeness (QED) is 0.835. The Kier molecular flexibility index (Phi) is 4.51. The van der Waals surface area contributed by atoms with Crippen molar-refractivity contribution in [3.05, 3.63) is 52.6 Å². The fourth-order valence-corrected chi connectivity index (χ4v) is 2.81. The van der Waals surface area contributed by atoms with E-state index < -0.39 is 0 Å². The van der Waals surface area contributed by atoms with Crippen molar-refractivity contribution in [2.75, 3.05) is 18.0 Å². The van der Waals surface area contributed by atoms with E-state index in [-0.39, 0.29) is 6.10 Å². The van der Waals surface area contributed by atoms with Crippen LogP contribution in [-0.4, -0.2) is 24.2 Å². The average Bonchev–Trinajstić information content (AvgIpc) is 2.53. The van der Waals surface area contributed by atoms with Gasteiger partial charge in [0.1, 0.15) is 17.7 Å². The summed E-state index contributed by atoms with van der Waals surface area (Å²) < 4.78 is 5.99. The summed E-state index contributed by atoms with van der Waals surface area (Å²) in [6.07, 6.45) is 3.88. The first kappa shape index (κ1) is 14.5. The van der Waals surface area contributed by atoms with Crippen molar-refractivity contribution in [3.8, 4) is 5.75 Å². The van der Waals surface area contributed by atoms with Crippen LogP contribution in [0.25, 0.3) is 0 Å². The molecule has 0 N–H and O–H groups in total. The highest BCUT2D eigenvalue weighted by Crippen LogP contribution is 2.30. The second-order valence-corrected chi connectivity index (χ2v) is 5.91. The summed E-state index contributed by atoms with van der Waals surface area (Å²) >= 11 is 12.1. The van der Waals surface area contributed by atoms with Gasteiger partial charge in [-0.25, -0.2) is 4.98 Å². The minimum absolute atomic E-state index is 0.168. The molecule has 1 aliphatic heterocycles. The SMILES string of the molecule is Clc1ccc(Cl)c(OC2CCN(c3ccccn3)CC2)c1. The summed E-state index contributed by atoms with van der Waals surface area (Å²) in [5.74, 6) is 1.69. The maximum atomic E-state index is 6.14. The Bertz CT molecular complexity index is 598. The third-order valence-electron chi connectivity index (χ3n) is 3.60. The third-order valence-corrected chi connectivity index (χ3v) is 4.15.